The number of H-pyrrole nitrogens is 1. The predicted molar refractivity (Wildman–Crippen MR) is 141 cm³/mol. The summed E-state index contributed by atoms with van der Waals surface area (Å²) in [6.07, 6.45) is 10.6. The number of nitrogens with zero attached hydrogens (tertiary/aromatic N) is 5. The Balaban J connectivity index is 1.17. The Morgan fingerprint density at radius 2 is 1.69 bits per heavy atom. The Morgan fingerprint density at radius 3 is 2.47 bits per heavy atom. The van der Waals surface area contributed by atoms with Crippen molar-refractivity contribution in [2.24, 2.45) is 0 Å². The summed E-state index contributed by atoms with van der Waals surface area (Å²) in [5, 5.41) is 11.0. The number of hydrogen-bond donors (Lipinski definition) is 2. The first-order valence-electron chi connectivity index (χ1n) is 12.8. The van der Waals surface area contributed by atoms with Crippen molar-refractivity contribution >= 4 is 22.5 Å². The Hall–Kier alpha value is -3.62. The van der Waals surface area contributed by atoms with Gasteiger partial charge in [0, 0.05) is 36.4 Å². The fourth-order valence-corrected chi connectivity index (χ4v) is 5.03. The molecule has 2 fully saturated rings. The summed E-state index contributed by atoms with van der Waals surface area (Å²) < 4.78 is 0. The first kappa shape index (κ1) is 22.8. The van der Waals surface area contributed by atoms with Crippen LogP contribution in [0.4, 0.5) is 5.69 Å². The minimum absolute atomic E-state index is 0.256. The lowest BCUT2D eigenvalue weighted by Gasteiger charge is -2.30. The Bertz CT molecular complexity index is 1350. The quantitative estimate of drug-likeness (QED) is 0.405. The highest BCUT2D eigenvalue weighted by Gasteiger charge is 2.17. The Morgan fingerprint density at radius 1 is 0.861 bits per heavy atom. The van der Waals surface area contributed by atoms with Gasteiger partial charge in [-0.05, 0) is 86.9 Å². The number of pyridine rings is 2. The Kier molecular flexibility index (Phi) is 6.44. The van der Waals surface area contributed by atoms with Gasteiger partial charge in [0.05, 0.1) is 23.1 Å². The van der Waals surface area contributed by atoms with Crippen LogP contribution in [0.15, 0.2) is 55.0 Å². The number of aromatic amines is 1. The molecule has 1 amide bonds. The standard InChI is InChI=1S/C28H31N7O/c36-28(31-23-6-7-24(30-17-23)19-35-9-2-1-3-10-35)27-25-14-21(5-8-26(25)32-33-27)22-13-20(15-29-16-22)18-34-11-4-12-34/h5-8,13-17H,1-4,9-12,18-19H2,(H,31,36)(H,32,33). The SMILES string of the molecule is O=C(Nc1ccc(CN2CCCCC2)nc1)c1n[nH]c2ccc(-c3cncc(CN4CCC4)c3)cc12. The summed E-state index contributed by atoms with van der Waals surface area (Å²) in [5.41, 5.74) is 6.13. The van der Waals surface area contributed by atoms with Gasteiger partial charge in [0.15, 0.2) is 5.69 Å². The summed E-state index contributed by atoms with van der Waals surface area (Å²) in [4.78, 5) is 27.0. The summed E-state index contributed by atoms with van der Waals surface area (Å²) in [6.45, 7) is 6.35. The predicted octanol–water partition coefficient (Wildman–Crippen LogP) is 4.46. The third kappa shape index (κ3) is 5.01. The molecule has 2 N–H and O–H groups in total. The van der Waals surface area contributed by atoms with Gasteiger partial charge in [-0.1, -0.05) is 12.5 Å². The van der Waals surface area contributed by atoms with E-state index in [-0.39, 0.29) is 5.91 Å². The van der Waals surface area contributed by atoms with Crippen molar-refractivity contribution in [2.75, 3.05) is 31.5 Å². The number of rotatable bonds is 7. The number of benzene rings is 1. The average Bonchev–Trinajstić information content (AvgIpc) is 3.32. The highest BCUT2D eigenvalue weighted by atomic mass is 16.1. The maximum atomic E-state index is 13.1. The molecule has 0 aliphatic carbocycles. The topological polar surface area (TPSA) is 90.0 Å². The zero-order valence-corrected chi connectivity index (χ0v) is 20.4. The number of likely N-dealkylation sites (tertiary alicyclic amines) is 2. The van der Waals surface area contributed by atoms with Crippen LogP contribution in [0.1, 0.15) is 47.4 Å². The van der Waals surface area contributed by atoms with Gasteiger partial charge in [0.1, 0.15) is 0 Å². The fourth-order valence-electron chi connectivity index (χ4n) is 5.03. The molecule has 2 aliphatic rings. The zero-order chi connectivity index (χ0) is 24.3. The maximum absolute atomic E-state index is 13.1. The first-order valence-corrected chi connectivity index (χ1v) is 12.8. The van der Waals surface area contributed by atoms with Crippen LogP contribution in [0.2, 0.25) is 0 Å². The van der Waals surface area contributed by atoms with Gasteiger partial charge < -0.3 is 5.32 Å². The number of hydrogen-bond acceptors (Lipinski definition) is 6. The fraction of sp³-hybridized carbons (Fsp3) is 0.357. The first-order chi connectivity index (χ1) is 17.7. The van der Waals surface area contributed by atoms with Crippen molar-refractivity contribution in [3.8, 4) is 11.1 Å². The summed E-state index contributed by atoms with van der Waals surface area (Å²) in [6, 6.07) is 12.1. The molecule has 2 aliphatic heterocycles. The van der Waals surface area contributed by atoms with Crippen LogP contribution in [0.25, 0.3) is 22.0 Å². The molecule has 0 unspecified atom stereocenters. The van der Waals surface area contributed by atoms with E-state index in [2.05, 4.69) is 41.3 Å². The van der Waals surface area contributed by atoms with Crippen LogP contribution >= 0.6 is 0 Å². The molecule has 8 heteroatoms. The lowest BCUT2D eigenvalue weighted by molar-refractivity contribution is 0.102. The normalized spacial score (nSPS) is 16.7. The summed E-state index contributed by atoms with van der Waals surface area (Å²) in [5.74, 6) is -0.256. The molecule has 0 radical (unpaired) electrons. The highest BCUT2D eigenvalue weighted by Crippen LogP contribution is 2.27. The summed E-state index contributed by atoms with van der Waals surface area (Å²) in [7, 11) is 0. The number of anilines is 1. The van der Waals surface area contributed by atoms with Crippen LogP contribution in [0.3, 0.4) is 0 Å². The maximum Gasteiger partial charge on any atom is 0.276 e. The van der Waals surface area contributed by atoms with Crippen LogP contribution in [-0.4, -0.2) is 62.1 Å². The van der Waals surface area contributed by atoms with E-state index in [9.17, 15) is 4.79 Å². The smallest absolute Gasteiger partial charge is 0.276 e. The van der Waals surface area contributed by atoms with Crippen molar-refractivity contribution in [3.05, 3.63) is 71.9 Å². The van der Waals surface area contributed by atoms with Crippen molar-refractivity contribution in [1.29, 1.82) is 0 Å². The largest absolute Gasteiger partial charge is 0.319 e. The lowest BCUT2D eigenvalue weighted by Crippen LogP contribution is -2.36. The van der Waals surface area contributed by atoms with Gasteiger partial charge in [-0.2, -0.15) is 5.10 Å². The van der Waals surface area contributed by atoms with Crippen LogP contribution in [-0.2, 0) is 13.1 Å². The summed E-state index contributed by atoms with van der Waals surface area (Å²) >= 11 is 0. The number of fused-ring (bicyclic) bond motifs is 1. The molecular weight excluding hydrogens is 450 g/mol. The number of amides is 1. The van der Waals surface area contributed by atoms with Gasteiger partial charge in [0.25, 0.3) is 5.91 Å². The third-order valence-corrected chi connectivity index (χ3v) is 7.18. The van der Waals surface area contributed by atoms with Crippen molar-refractivity contribution in [2.45, 2.75) is 38.8 Å². The van der Waals surface area contributed by atoms with Crippen molar-refractivity contribution < 1.29 is 4.79 Å². The van der Waals surface area contributed by atoms with Crippen LogP contribution in [0.5, 0.6) is 0 Å². The molecule has 4 aromatic rings. The Labute approximate surface area is 210 Å². The minimum atomic E-state index is -0.256. The van der Waals surface area contributed by atoms with Gasteiger partial charge in [-0.25, -0.2) is 0 Å². The van der Waals surface area contributed by atoms with E-state index in [1.165, 1.54) is 31.2 Å². The molecular formula is C28H31N7O. The van der Waals surface area contributed by atoms with Gasteiger partial charge in [-0.3, -0.25) is 29.7 Å². The highest BCUT2D eigenvalue weighted by molar-refractivity contribution is 6.11. The molecule has 3 aromatic heterocycles. The minimum Gasteiger partial charge on any atom is -0.319 e. The second-order valence-corrected chi connectivity index (χ2v) is 9.87. The van der Waals surface area contributed by atoms with Crippen LogP contribution in [0, 0.1) is 0 Å². The number of aromatic nitrogens is 4. The van der Waals surface area contributed by atoms with E-state index in [1.54, 1.807) is 6.20 Å². The van der Waals surface area contributed by atoms with E-state index < -0.39 is 0 Å². The molecule has 0 spiro atoms. The van der Waals surface area contributed by atoms with E-state index in [0.717, 1.165) is 67.0 Å². The van der Waals surface area contributed by atoms with Gasteiger partial charge >= 0.3 is 0 Å². The number of carbonyl (C=O) groups excluding carboxylic acids is 1. The molecule has 1 aromatic carbocycles. The van der Waals surface area contributed by atoms with Gasteiger partial charge in [-0.15, -0.1) is 0 Å². The van der Waals surface area contributed by atoms with E-state index in [0.29, 0.717) is 11.4 Å². The number of piperidine rings is 1. The van der Waals surface area contributed by atoms with E-state index in [4.69, 9.17) is 0 Å². The zero-order valence-electron chi connectivity index (χ0n) is 20.4. The molecule has 2 saturated heterocycles. The van der Waals surface area contributed by atoms with E-state index >= 15 is 0 Å². The third-order valence-electron chi connectivity index (χ3n) is 7.18. The second-order valence-electron chi connectivity index (χ2n) is 9.87. The number of nitrogens with one attached hydrogen (secondary N) is 2. The molecule has 0 atom stereocenters. The monoisotopic (exact) mass is 481 g/mol. The average molecular weight is 482 g/mol. The van der Waals surface area contributed by atoms with Crippen molar-refractivity contribution in [1.82, 2.24) is 30.0 Å². The molecule has 0 bridgehead atoms. The van der Waals surface area contributed by atoms with Crippen molar-refractivity contribution in [3.63, 3.8) is 0 Å². The van der Waals surface area contributed by atoms with Crippen LogP contribution < -0.4 is 5.32 Å². The number of carbonyl (C=O) groups is 1. The van der Waals surface area contributed by atoms with Gasteiger partial charge in [0.2, 0.25) is 0 Å². The molecule has 184 valence electrons. The molecule has 36 heavy (non-hydrogen) atoms. The second kappa shape index (κ2) is 10.2. The lowest BCUT2D eigenvalue weighted by atomic mass is 10.0. The molecule has 5 heterocycles. The molecule has 6 rings (SSSR count). The molecule has 8 nitrogen and oxygen atoms in total. The van der Waals surface area contributed by atoms with E-state index in [1.807, 2.05) is 42.7 Å². The molecule has 0 saturated carbocycles.